The van der Waals surface area contributed by atoms with E-state index < -0.39 is 0 Å². The molecule has 1 heterocycles. The summed E-state index contributed by atoms with van der Waals surface area (Å²) in [5.74, 6) is 1.36. The van der Waals surface area contributed by atoms with E-state index in [1.807, 2.05) is 36.4 Å². The Hall–Kier alpha value is -2.49. The molecule has 0 fully saturated rings. The van der Waals surface area contributed by atoms with Gasteiger partial charge in [0.15, 0.2) is 5.58 Å². The summed E-state index contributed by atoms with van der Waals surface area (Å²) in [6, 6.07) is 13.1. The van der Waals surface area contributed by atoms with Crippen LogP contribution in [0.1, 0.15) is 0 Å². The standard InChI is InChI=1S/C14H12N2O2/c1-17-10-7-5-9(6-8-10)14-16-12-4-2-3-11(15)13(12)18-14/h2-8H,15H2,1H3. The Balaban J connectivity index is 2.10. The van der Waals surface area contributed by atoms with Crippen molar-refractivity contribution in [1.82, 2.24) is 4.98 Å². The number of para-hydroxylation sites is 1. The lowest BCUT2D eigenvalue weighted by Gasteiger charge is -1.99. The quantitative estimate of drug-likeness (QED) is 0.699. The number of aromatic nitrogens is 1. The van der Waals surface area contributed by atoms with Crippen LogP contribution in [0.25, 0.3) is 22.6 Å². The van der Waals surface area contributed by atoms with Crippen molar-refractivity contribution in [2.45, 2.75) is 0 Å². The van der Waals surface area contributed by atoms with Gasteiger partial charge in [0.1, 0.15) is 11.3 Å². The van der Waals surface area contributed by atoms with E-state index in [9.17, 15) is 0 Å². The van der Waals surface area contributed by atoms with E-state index in [1.54, 1.807) is 13.2 Å². The van der Waals surface area contributed by atoms with Gasteiger partial charge in [0.2, 0.25) is 5.89 Å². The van der Waals surface area contributed by atoms with Gasteiger partial charge < -0.3 is 14.9 Å². The van der Waals surface area contributed by atoms with Gasteiger partial charge in [0, 0.05) is 5.56 Å². The zero-order valence-electron chi connectivity index (χ0n) is 9.88. The molecule has 1 aromatic heterocycles. The van der Waals surface area contributed by atoms with Crippen molar-refractivity contribution in [3.63, 3.8) is 0 Å². The summed E-state index contributed by atoms with van der Waals surface area (Å²) in [5.41, 5.74) is 8.72. The second kappa shape index (κ2) is 4.07. The second-order valence-corrected chi connectivity index (χ2v) is 3.94. The predicted molar refractivity (Wildman–Crippen MR) is 70.4 cm³/mol. The van der Waals surface area contributed by atoms with Crippen LogP contribution in [0.15, 0.2) is 46.9 Å². The second-order valence-electron chi connectivity index (χ2n) is 3.94. The number of nitrogen functional groups attached to an aromatic ring is 1. The van der Waals surface area contributed by atoms with Crippen molar-refractivity contribution in [2.24, 2.45) is 0 Å². The van der Waals surface area contributed by atoms with Crippen molar-refractivity contribution >= 4 is 16.8 Å². The average molecular weight is 240 g/mol. The minimum Gasteiger partial charge on any atom is -0.497 e. The van der Waals surface area contributed by atoms with Crippen molar-refractivity contribution in [1.29, 1.82) is 0 Å². The molecule has 4 heteroatoms. The largest absolute Gasteiger partial charge is 0.497 e. The first-order valence-corrected chi connectivity index (χ1v) is 5.57. The Labute approximate surface area is 104 Å². The molecule has 0 aliphatic carbocycles. The number of benzene rings is 2. The Morgan fingerprint density at radius 1 is 1.11 bits per heavy atom. The molecule has 0 atom stereocenters. The molecule has 0 bridgehead atoms. The van der Waals surface area contributed by atoms with Crippen LogP contribution >= 0.6 is 0 Å². The highest BCUT2D eigenvalue weighted by Gasteiger charge is 2.09. The third-order valence-electron chi connectivity index (χ3n) is 2.78. The van der Waals surface area contributed by atoms with Gasteiger partial charge in [-0.15, -0.1) is 0 Å². The van der Waals surface area contributed by atoms with Crippen molar-refractivity contribution in [2.75, 3.05) is 12.8 Å². The lowest BCUT2D eigenvalue weighted by atomic mass is 10.2. The molecule has 0 unspecified atom stereocenters. The highest BCUT2D eigenvalue weighted by molar-refractivity contribution is 5.86. The Morgan fingerprint density at radius 3 is 2.56 bits per heavy atom. The average Bonchev–Trinajstić information content (AvgIpc) is 2.84. The maximum atomic E-state index is 5.84. The maximum Gasteiger partial charge on any atom is 0.227 e. The third kappa shape index (κ3) is 1.68. The Kier molecular flexibility index (Phi) is 2.41. The van der Waals surface area contributed by atoms with E-state index in [4.69, 9.17) is 14.9 Å². The van der Waals surface area contributed by atoms with Crippen LogP contribution in [0.2, 0.25) is 0 Å². The summed E-state index contributed by atoms with van der Waals surface area (Å²) in [6.45, 7) is 0. The lowest BCUT2D eigenvalue weighted by Crippen LogP contribution is -1.82. The number of fused-ring (bicyclic) bond motifs is 1. The Morgan fingerprint density at radius 2 is 1.89 bits per heavy atom. The van der Waals surface area contributed by atoms with Crippen LogP contribution in [-0.4, -0.2) is 12.1 Å². The van der Waals surface area contributed by atoms with Crippen LogP contribution in [0.5, 0.6) is 5.75 Å². The molecule has 0 spiro atoms. The maximum absolute atomic E-state index is 5.84. The highest BCUT2D eigenvalue weighted by atomic mass is 16.5. The number of rotatable bonds is 2. The topological polar surface area (TPSA) is 61.3 Å². The molecule has 0 aliphatic heterocycles. The predicted octanol–water partition coefficient (Wildman–Crippen LogP) is 3.09. The van der Waals surface area contributed by atoms with E-state index in [1.165, 1.54) is 0 Å². The number of oxazole rings is 1. The SMILES string of the molecule is COc1ccc(-c2nc3cccc(N)c3o2)cc1. The number of anilines is 1. The van der Waals surface area contributed by atoms with Gasteiger partial charge >= 0.3 is 0 Å². The van der Waals surface area contributed by atoms with Crippen LogP contribution in [0, 0.1) is 0 Å². The fraction of sp³-hybridized carbons (Fsp3) is 0.0714. The molecule has 0 saturated heterocycles. The van der Waals surface area contributed by atoms with Gasteiger partial charge in [0.05, 0.1) is 12.8 Å². The van der Waals surface area contributed by atoms with Gasteiger partial charge in [-0.05, 0) is 36.4 Å². The molecule has 2 aromatic carbocycles. The zero-order chi connectivity index (χ0) is 12.5. The number of methoxy groups -OCH3 is 1. The fourth-order valence-corrected chi connectivity index (χ4v) is 1.83. The number of hydrogen-bond donors (Lipinski definition) is 1. The molecule has 90 valence electrons. The van der Waals surface area contributed by atoms with Crippen molar-refractivity contribution in [3.05, 3.63) is 42.5 Å². The number of hydrogen-bond acceptors (Lipinski definition) is 4. The minimum absolute atomic E-state index is 0.561. The van der Waals surface area contributed by atoms with Gasteiger partial charge in [-0.1, -0.05) is 6.07 Å². The van der Waals surface area contributed by atoms with Crippen LogP contribution in [-0.2, 0) is 0 Å². The summed E-state index contributed by atoms with van der Waals surface area (Å²) >= 11 is 0. The molecular weight excluding hydrogens is 228 g/mol. The molecule has 0 amide bonds. The van der Waals surface area contributed by atoms with E-state index in [0.29, 0.717) is 17.2 Å². The molecule has 3 rings (SSSR count). The monoisotopic (exact) mass is 240 g/mol. The van der Waals surface area contributed by atoms with E-state index in [2.05, 4.69) is 4.98 Å². The Bertz CT molecular complexity index is 687. The summed E-state index contributed by atoms with van der Waals surface area (Å²) < 4.78 is 10.8. The summed E-state index contributed by atoms with van der Waals surface area (Å²) in [6.07, 6.45) is 0. The number of ether oxygens (including phenoxy) is 1. The van der Waals surface area contributed by atoms with Gasteiger partial charge in [0.25, 0.3) is 0 Å². The third-order valence-corrected chi connectivity index (χ3v) is 2.78. The highest BCUT2D eigenvalue weighted by Crippen LogP contribution is 2.28. The molecule has 2 N–H and O–H groups in total. The van der Waals surface area contributed by atoms with E-state index in [-0.39, 0.29) is 0 Å². The number of nitrogens with two attached hydrogens (primary N) is 1. The lowest BCUT2D eigenvalue weighted by molar-refractivity contribution is 0.415. The minimum atomic E-state index is 0.561. The normalized spacial score (nSPS) is 10.7. The van der Waals surface area contributed by atoms with Gasteiger partial charge in [-0.25, -0.2) is 4.98 Å². The van der Waals surface area contributed by atoms with Gasteiger partial charge in [-0.3, -0.25) is 0 Å². The molecule has 0 radical (unpaired) electrons. The molecule has 0 aliphatic rings. The van der Waals surface area contributed by atoms with Crippen molar-refractivity contribution in [3.8, 4) is 17.2 Å². The molecule has 3 aromatic rings. The van der Waals surface area contributed by atoms with Crippen molar-refractivity contribution < 1.29 is 9.15 Å². The molecule has 18 heavy (non-hydrogen) atoms. The first-order valence-electron chi connectivity index (χ1n) is 5.57. The summed E-state index contributed by atoms with van der Waals surface area (Å²) in [4.78, 5) is 4.41. The first kappa shape index (κ1) is 10.7. The summed E-state index contributed by atoms with van der Waals surface area (Å²) in [5, 5.41) is 0. The summed E-state index contributed by atoms with van der Waals surface area (Å²) in [7, 11) is 1.63. The zero-order valence-corrected chi connectivity index (χ0v) is 9.88. The van der Waals surface area contributed by atoms with Gasteiger partial charge in [-0.2, -0.15) is 0 Å². The number of nitrogens with zero attached hydrogens (tertiary/aromatic N) is 1. The van der Waals surface area contributed by atoms with Crippen LogP contribution < -0.4 is 10.5 Å². The van der Waals surface area contributed by atoms with Crippen LogP contribution in [0.3, 0.4) is 0 Å². The smallest absolute Gasteiger partial charge is 0.227 e. The first-order chi connectivity index (χ1) is 8.78. The molecule has 0 saturated carbocycles. The van der Waals surface area contributed by atoms with E-state index in [0.717, 1.165) is 16.8 Å². The molecular formula is C14H12N2O2. The van der Waals surface area contributed by atoms with Crippen LogP contribution in [0.4, 0.5) is 5.69 Å². The van der Waals surface area contributed by atoms with E-state index >= 15 is 0 Å². The fourth-order valence-electron chi connectivity index (χ4n) is 1.83. The molecule has 4 nitrogen and oxygen atoms in total.